The van der Waals surface area contributed by atoms with E-state index in [1.54, 1.807) is 0 Å². The molecule has 0 aromatic rings. The van der Waals surface area contributed by atoms with Crippen LogP contribution in [0.2, 0.25) is 0 Å². The lowest BCUT2D eigenvalue weighted by Crippen LogP contribution is -2.36. The zero-order valence-corrected chi connectivity index (χ0v) is 11.4. The van der Waals surface area contributed by atoms with E-state index in [4.69, 9.17) is 19.6 Å². The monoisotopic (exact) mass is 304 g/mol. The van der Waals surface area contributed by atoms with Gasteiger partial charge in [0.2, 0.25) is 0 Å². The number of thiol groups is 1. The molecule has 0 radical (unpaired) electrons. The first kappa shape index (κ1) is 15.2. The fourth-order valence-corrected chi connectivity index (χ4v) is 3.11. The molecule has 0 bridgehead atoms. The van der Waals surface area contributed by atoms with Crippen molar-refractivity contribution in [1.29, 1.82) is 0 Å². The van der Waals surface area contributed by atoms with Gasteiger partial charge in [0.25, 0.3) is 0 Å². The maximum atomic E-state index is 11.0. The number of hydrogen-bond acceptors (Lipinski definition) is 4. The molecule has 1 aliphatic heterocycles. The van der Waals surface area contributed by atoms with Crippen molar-refractivity contribution in [1.82, 2.24) is 4.31 Å². The maximum absolute atomic E-state index is 11.0. The highest BCUT2D eigenvalue weighted by Crippen LogP contribution is 2.45. The van der Waals surface area contributed by atoms with Gasteiger partial charge in [0.15, 0.2) is 0 Å². The Morgan fingerprint density at radius 2 is 1.94 bits per heavy atom. The van der Waals surface area contributed by atoms with Gasteiger partial charge in [-0.2, -0.15) is 0 Å². The minimum Gasteiger partial charge on any atom is -0.324 e. The normalized spacial score (nSPS) is 25.4. The zero-order chi connectivity index (χ0) is 13.3. The number of nitrogens with zero attached hydrogens (tertiary/aromatic N) is 2. The molecule has 1 atom stereocenters. The topological polar surface area (TPSA) is 131 Å². The molecule has 1 unspecified atom stereocenters. The van der Waals surface area contributed by atoms with Gasteiger partial charge in [0.05, 0.1) is 5.66 Å². The highest BCUT2D eigenvalue weighted by atomic mass is 32.1. The van der Waals surface area contributed by atoms with E-state index < -0.39 is 27.1 Å². The second kappa shape index (κ2) is 5.40. The molecule has 1 heterocycles. The van der Waals surface area contributed by atoms with Gasteiger partial charge in [-0.15, -0.1) is 0 Å². The minimum absolute atomic E-state index is 0.00732. The maximum Gasteiger partial charge on any atom is 0.346 e. The average Bonchev–Trinajstić information content (AvgIpc) is 2.12. The fraction of sp³-hybridized carbons (Fsp3) is 0.833. The summed E-state index contributed by atoms with van der Waals surface area (Å²) in [6.07, 6.45) is -0.180. The summed E-state index contributed by atoms with van der Waals surface area (Å²) in [6, 6.07) is 0. The molecule has 0 aliphatic carbocycles. The Balaban J connectivity index is 2.66. The van der Waals surface area contributed by atoms with Crippen molar-refractivity contribution in [3.05, 3.63) is 0 Å². The van der Waals surface area contributed by atoms with Crippen LogP contribution in [-0.4, -0.2) is 48.2 Å². The van der Waals surface area contributed by atoms with Crippen molar-refractivity contribution in [2.45, 2.75) is 18.5 Å². The van der Waals surface area contributed by atoms with Crippen molar-refractivity contribution in [3.8, 4) is 0 Å². The van der Waals surface area contributed by atoms with Gasteiger partial charge in [-0.25, -0.2) is 0 Å². The van der Waals surface area contributed by atoms with Crippen LogP contribution in [0.4, 0.5) is 0 Å². The summed E-state index contributed by atoms with van der Waals surface area (Å²) >= 11 is 3.98. The lowest BCUT2D eigenvalue weighted by atomic mass is 10.1. The quantitative estimate of drug-likeness (QED) is 0.366. The molecule has 0 aromatic carbocycles. The van der Waals surface area contributed by atoms with Crippen LogP contribution in [0, 0.1) is 0 Å². The van der Waals surface area contributed by atoms with Crippen LogP contribution < -0.4 is 0 Å². The highest BCUT2D eigenvalue weighted by Gasteiger charge is 2.34. The van der Waals surface area contributed by atoms with Gasteiger partial charge in [-0.3, -0.25) is 14.1 Å². The van der Waals surface area contributed by atoms with Crippen molar-refractivity contribution in [3.63, 3.8) is 0 Å². The number of rotatable bonds is 3. The lowest BCUT2D eigenvalue weighted by Gasteiger charge is -2.31. The summed E-state index contributed by atoms with van der Waals surface area (Å²) in [7, 11) is -8.36. The summed E-state index contributed by atoms with van der Waals surface area (Å²) in [6.45, 7) is 0.00732. The van der Waals surface area contributed by atoms with Crippen LogP contribution in [0.1, 0.15) is 12.8 Å². The third-order valence-electron chi connectivity index (χ3n) is 2.30. The number of piperidine rings is 1. The Labute approximate surface area is 104 Å². The standard InChI is InChI=1S/C6H14N2O6P2S/c9-15(10,11)4-7-6-2-1-5(3-8(6)17)16(12,13)14/h5,17H,1-4H2,(H2,9,10,11)(H2,12,13,14). The Morgan fingerprint density at radius 1 is 1.35 bits per heavy atom. The molecular formula is C6H14N2O6P2S. The molecule has 1 fully saturated rings. The summed E-state index contributed by atoms with van der Waals surface area (Å²) in [4.78, 5) is 39.0. The van der Waals surface area contributed by atoms with Crippen LogP contribution in [0.25, 0.3) is 0 Å². The van der Waals surface area contributed by atoms with Crippen LogP contribution in [0.15, 0.2) is 4.99 Å². The first-order valence-corrected chi connectivity index (χ1v) is 8.57. The molecule has 1 saturated heterocycles. The Hall–Kier alpha value is 0.120. The second-order valence-corrected chi connectivity index (χ2v) is 7.75. The van der Waals surface area contributed by atoms with Gasteiger partial charge in [-0.05, 0) is 6.42 Å². The third kappa shape index (κ3) is 5.09. The van der Waals surface area contributed by atoms with Crippen molar-refractivity contribution in [2.75, 3.05) is 12.8 Å². The predicted octanol–water partition coefficient (Wildman–Crippen LogP) is 0.00700. The van der Waals surface area contributed by atoms with Crippen LogP contribution in [0.5, 0.6) is 0 Å². The number of aliphatic imine (C=N–C) groups is 1. The first-order chi connectivity index (χ1) is 7.59. The SMILES string of the molecule is O=P(O)(O)CN=C1CCC(P(=O)(O)O)CN1S. The number of hydrogen-bond donors (Lipinski definition) is 5. The van der Waals surface area contributed by atoms with Gasteiger partial charge in [0, 0.05) is 13.0 Å². The molecule has 17 heavy (non-hydrogen) atoms. The van der Waals surface area contributed by atoms with E-state index in [0.29, 0.717) is 5.84 Å². The van der Waals surface area contributed by atoms with E-state index in [1.807, 2.05) is 0 Å². The second-order valence-electron chi connectivity index (χ2n) is 3.74. The van der Waals surface area contributed by atoms with Crippen LogP contribution in [0.3, 0.4) is 0 Å². The van der Waals surface area contributed by atoms with E-state index in [-0.39, 0.29) is 19.4 Å². The number of amidine groups is 1. The van der Waals surface area contributed by atoms with E-state index in [0.717, 1.165) is 0 Å². The molecule has 1 aliphatic rings. The molecule has 0 spiro atoms. The van der Waals surface area contributed by atoms with Gasteiger partial charge < -0.3 is 23.9 Å². The van der Waals surface area contributed by atoms with Crippen molar-refractivity contribution >= 4 is 33.8 Å². The van der Waals surface area contributed by atoms with Crippen LogP contribution in [-0.2, 0) is 9.13 Å². The smallest absolute Gasteiger partial charge is 0.324 e. The molecule has 8 nitrogen and oxygen atoms in total. The van der Waals surface area contributed by atoms with Crippen LogP contribution >= 0.6 is 28.0 Å². The molecule has 0 amide bonds. The highest BCUT2D eigenvalue weighted by molar-refractivity contribution is 7.78. The van der Waals surface area contributed by atoms with Gasteiger partial charge in [-0.1, -0.05) is 12.8 Å². The van der Waals surface area contributed by atoms with Gasteiger partial charge >= 0.3 is 15.2 Å². The molecule has 100 valence electrons. The molecular weight excluding hydrogens is 290 g/mol. The third-order valence-corrected chi connectivity index (χ3v) is 4.57. The fourth-order valence-electron chi connectivity index (χ4n) is 1.43. The summed E-state index contributed by atoms with van der Waals surface area (Å²) in [5, 5.41) is 0. The Kier molecular flexibility index (Phi) is 4.82. The molecule has 0 saturated carbocycles. The van der Waals surface area contributed by atoms with Crippen molar-refractivity contribution in [2.24, 2.45) is 4.99 Å². The molecule has 4 N–H and O–H groups in total. The summed E-state index contributed by atoms with van der Waals surface area (Å²) in [5.74, 6) is 0.335. The zero-order valence-electron chi connectivity index (χ0n) is 8.75. The van der Waals surface area contributed by atoms with E-state index >= 15 is 0 Å². The summed E-state index contributed by atoms with van der Waals surface area (Å²) in [5.41, 5.74) is -0.811. The Morgan fingerprint density at radius 3 is 2.35 bits per heavy atom. The lowest BCUT2D eigenvalue weighted by molar-refractivity contribution is 0.343. The van der Waals surface area contributed by atoms with E-state index in [1.165, 1.54) is 4.31 Å². The average molecular weight is 304 g/mol. The molecule has 1 rings (SSSR count). The Bertz CT molecular complexity index is 403. The summed E-state index contributed by atoms with van der Waals surface area (Å²) < 4.78 is 22.9. The largest absolute Gasteiger partial charge is 0.346 e. The molecule has 11 heteroatoms. The van der Waals surface area contributed by atoms with E-state index in [9.17, 15) is 9.13 Å². The van der Waals surface area contributed by atoms with Gasteiger partial charge in [0.1, 0.15) is 12.1 Å². The predicted molar refractivity (Wildman–Crippen MR) is 65.1 cm³/mol. The van der Waals surface area contributed by atoms with Crippen molar-refractivity contribution < 1.29 is 28.7 Å². The minimum atomic E-state index is -4.21. The first-order valence-electron chi connectivity index (χ1n) is 4.69. The van der Waals surface area contributed by atoms with E-state index in [2.05, 4.69) is 17.8 Å². The molecule has 0 aromatic heterocycles.